The Hall–Kier alpha value is -1.72. The lowest BCUT2D eigenvalue weighted by molar-refractivity contribution is -0.121. The van der Waals surface area contributed by atoms with Gasteiger partial charge in [0.25, 0.3) is 0 Å². The molecule has 1 heterocycles. The Morgan fingerprint density at radius 1 is 1.28 bits per heavy atom. The average molecular weight is 405 g/mol. The number of amides is 1. The van der Waals surface area contributed by atoms with Gasteiger partial charge in [-0.25, -0.2) is 4.39 Å². The Morgan fingerprint density at radius 3 is 2.76 bits per heavy atom. The van der Waals surface area contributed by atoms with Crippen LogP contribution in [-0.2, 0) is 11.3 Å². The molecule has 0 aliphatic carbocycles. The maximum atomic E-state index is 13.9. The number of piperidine rings is 1. The molecule has 5 heteroatoms. The lowest BCUT2D eigenvalue weighted by atomic mass is 9.96. The molecule has 1 amide bonds. The number of carbonyl (C=O) groups excluding carboxylic acids is 1. The molecule has 132 valence electrons. The molecule has 1 atom stereocenters. The topological polar surface area (TPSA) is 32.3 Å². The number of likely N-dealkylation sites (tertiary alicyclic amines) is 1. The van der Waals surface area contributed by atoms with E-state index in [1.54, 1.807) is 12.1 Å². The van der Waals surface area contributed by atoms with Crippen molar-refractivity contribution in [2.75, 3.05) is 18.4 Å². The Labute approximate surface area is 156 Å². The van der Waals surface area contributed by atoms with Gasteiger partial charge in [0.15, 0.2) is 0 Å². The maximum Gasteiger partial charge on any atom is 0.228 e. The molecular formula is C20H22BrFN2O. The first-order valence-corrected chi connectivity index (χ1v) is 9.34. The highest BCUT2D eigenvalue weighted by Crippen LogP contribution is 2.23. The number of anilines is 1. The summed E-state index contributed by atoms with van der Waals surface area (Å²) in [6.45, 7) is 4.62. The third kappa shape index (κ3) is 4.89. The van der Waals surface area contributed by atoms with Gasteiger partial charge in [0, 0.05) is 17.6 Å². The molecule has 2 aromatic carbocycles. The smallest absolute Gasteiger partial charge is 0.228 e. The van der Waals surface area contributed by atoms with Gasteiger partial charge in [-0.2, -0.15) is 0 Å². The Kier molecular flexibility index (Phi) is 5.86. The number of halogens is 2. The van der Waals surface area contributed by atoms with E-state index in [9.17, 15) is 9.18 Å². The normalized spacial score (nSPS) is 18.1. The molecular weight excluding hydrogens is 383 g/mol. The van der Waals surface area contributed by atoms with E-state index in [1.165, 1.54) is 17.2 Å². The zero-order chi connectivity index (χ0) is 17.8. The SMILES string of the molecule is Cc1ccc(CN2CCCC(C(=O)Nc3ccc(Br)cc3F)C2)cc1. The van der Waals surface area contributed by atoms with Gasteiger partial charge >= 0.3 is 0 Å². The van der Waals surface area contributed by atoms with Crippen LogP contribution in [0.3, 0.4) is 0 Å². The summed E-state index contributed by atoms with van der Waals surface area (Å²) < 4.78 is 14.6. The zero-order valence-electron chi connectivity index (χ0n) is 14.3. The van der Waals surface area contributed by atoms with Crippen LogP contribution in [-0.4, -0.2) is 23.9 Å². The molecule has 1 aliphatic heterocycles. The number of hydrogen-bond donors (Lipinski definition) is 1. The van der Waals surface area contributed by atoms with Gasteiger partial charge in [0.2, 0.25) is 5.91 Å². The molecule has 1 saturated heterocycles. The minimum atomic E-state index is -0.421. The summed E-state index contributed by atoms with van der Waals surface area (Å²) in [7, 11) is 0. The number of nitrogens with zero attached hydrogens (tertiary/aromatic N) is 1. The standard InChI is InChI=1S/C20H22BrFN2O/c1-14-4-6-15(7-5-14)12-24-10-2-3-16(13-24)20(25)23-19-9-8-17(21)11-18(19)22/h4-9,11,16H,2-3,10,12-13H2,1H3,(H,23,25). The summed E-state index contributed by atoms with van der Waals surface area (Å²) in [4.78, 5) is 14.8. The fraction of sp³-hybridized carbons (Fsp3) is 0.350. The Bertz CT molecular complexity index is 748. The monoisotopic (exact) mass is 404 g/mol. The summed E-state index contributed by atoms with van der Waals surface area (Å²) >= 11 is 3.22. The summed E-state index contributed by atoms with van der Waals surface area (Å²) in [5, 5.41) is 2.74. The molecule has 0 saturated carbocycles. The van der Waals surface area contributed by atoms with Gasteiger partial charge in [0.05, 0.1) is 11.6 Å². The van der Waals surface area contributed by atoms with E-state index < -0.39 is 5.82 Å². The molecule has 2 aromatic rings. The summed E-state index contributed by atoms with van der Waals surface area (Å²) in [5.74, 6) is -0.632. The molecule has 0 spiro atoms. The Morgan fingerprint density at radius 2 is 2.04 bits per heavy atom. The summed E-state index contributed by atoms with van der Waals surface area (Å²) in [5.41, 5.74) is 2.74. The van der Waals surface area contributed by atoms with Crippen molar-refractivity contribution in [3.63, 3.8) is 0 Å². The van der Waals surface area contributed by atoms with Gasteiger partial charge in [-0.15, -0.1) is 0 Å². The second-order valence-corrected chi connectivity index (χ2v) is 7.59. The van der Waals surface area contributed by atoms with Gasteiger partial charge in [-0.05, 0) is 50.1 Å². The van der Waals surface area contributed by atoms with E-state index in [0.717, 1.165) is 25.9 Å². The van der Waals surface area contributed by atoms with Crippen LogP contribution in [0, 0.1) is 18.7 Å². The maximum absolute atomic E-state index is 13.9. The third-order valence-corrected chi connectivity index (χ3v) is 5.09. The van der Waals surface area contributed by atoms with Crippen molar-refractivity contribution in [2.45, 2.75) is 26.3 Å². The van der Waals surface area contributed by atoms with Crippen molar-refractivity contribution in [2.24, 2.45) is 5.92 Å². The average Bonchev–Trinajstić information content (AvgIpc) is 2.60. The number of rotatable bonds is 4. The van der Waals surface area contributed by atoms with Gasteiger partial charge in [-0.1, -0.05) is 45.8 Å². The first kappa shape index (κ1) is 18.1. The van der Waals surface area contributed by atoms with Crippen molar-refractivity contribution < 1.29 is 9.18 Å². The van der Waals surface area contributed by atoms with E-state index in [0.29, 0.717) is 11.0 Å². The first-order chi connectivity index (χ1) is 12.0. The molecule has 1 unspecified atom stereocenters. The van der Waals surface area contributed by atoms with E-state index in [2.05, 4.69) is 57.3 Å². The summed E-state index contributed by atoms with van der Waals surface area (Å²) in [6, 6.07) is 13.2. The molecule has 0 bridgehead atoms. The zero-order valence-corrected chi connectivity index (χ0v) is 15.9. The quantitative estimate of drug-likeness (QED) is 0.797. The Balaban J connectivity index is 1.60. The summed E-state index contributed by atoms with van der Waals surface area (Å²) in [6.07, 6.45) is 1.82. The van der Waals surface area contributed by atoms with Crippen LogP contribution in [0.15, 0.2) is 46.9 Å². The minimum Gasteiger partial charge on any atom is -0.323 e. The van der Waals surface area contributed by atoms with Crippen molar-refractivity contribution >= 4 is 27.5 Å². The van der Waals surface area contributed by atoms with Crippen molar-refractivity contribution in [3.8, 4) is 0 Å². The van der Waals surface area contributed by atoms with Gasteiger partial charge in [-0.3, -0.25) is 9.69 Å². The lowest BCUT2D eigenvalue weighted by Crippen LogP contribution is -2.40. The van der Waals surface area contributed by atoms with Crippen LogP contribution >= 0.6 is 15.9 Å². The highest BCUT2D eigenvalue weighted by molar-refractivity contribution is 9.10. The van der Waals surface area contributed by atoms with Crippen molar-refractivity contribution in [1.82, 2.24) is 4.90 Å². The van der Waals surface area contributed by atoms with Crippen LogP contribution in [0.4, 0.5) is 10.1 Å². The van der Waals surface area contributed by atoms with E-state index in [1.807, 2.05) is 0 Å². The highest BCUT2D eigenvalue weighted by Gasteiger charge is 2.26. The largest absolute Gasteiger partial charge is 0.323 e. The lowest BCUT2D eigenvalue weighted by Gasteiger charge is -2.32. The van der Waals surface area contributed by atoms with Crippen LogP contribution in [0.2, 0.25) is 0 Å². The third-order valence-electron chi connectivity index (χ3n) is 4.59. The second-order valence-electron chi connectivity index (χ2n) is 6.67. The van der Waals surface area contributed by atoms with Crippen molar-refractivity contribution in [3.05, 3.63) is 63.9 Å². The predicted molar refractivity (Wildman–Crippen MR) is 102 cm³/mol. The molecule has 0 aromatic heterocycles. The van der Waals surface area contributed by atoms with Crippen molar-refractivity contribution in [1.29, 1.82) is 0 Å². The van der Waals surface area contributed by atoms with E-state index in [4.69, 9.17) is 0 Å². The molecule has 3 rings (SSSR count). The van der Waals surface area contributed by atoms with E-state index >= 15 is 0 Å². The van der Waals surface area contributed by atoms with Crippen LogP contribution in [0.1, 0.15) is 24.0 Å². The first-order valence-electron chi connectivity index (χ1n) is 8.55. The molecule has 0 radical (unpaired) electrons. The molecule has 25 heavy (non-hydrogen) atoms. The molecule has 3 nitrogen and oxygen atoms in total. The van der Waals surface area contributed by atoms with Gasteiger partial charge < -0.3 is 5.32 Å². The molecule has 1 N–H and O–H groups in total. The molecule has 1 aliphatic rings. The fourth-order valence-electron chi connectivity index (χ4n) is 3.19. The minimum absolute atomic E-state index is 0.102. The van der Waals surface area contributed by atoms with Gasteiger partial charge in [0.1, 0.15) is 5.82 Å². The number of aryl methyl sites for hydroxylation is 1. The second kappa shape index (κ2) is 8.11. The number of nitrogens with one attached hydrogen (secondary N) is 1. The highest BCUT2D eigenvalue weighted by atomic mass is 79.9. The molecule has 1 fully saturated rings. The number of carbonyl (C=O) groups is 1. The van der Waals surface area contributed by atoms with Crippen LogP contribution < -0.4 is 5.32 Å². The van der Waals surface area contributed by atoms with E-state index in [-0.39, 0.29) is 17.5 Å². The fourth-order valence-corrected chi connectivity index (χ4v) is 3.52. The number of hydrogen-bond acceptors (Lipinski definition) is 2. The predicted octanol–water partition coefficient (Wildman–Crippen LogP) is 4.75. The van der Waals surface area contributed by atoms with Crippen LogP contribution in [0.25, 0.3) is 0 Å². The van der Waals surface area contributed by atoms with Crippen LogP contribution in [0.5, 0.6) is 0 Å². The number of benzene rings is 2.